The van der Waals surface area contributed by atoms with Gasteiger partial charge in [-0.1, -0.05) is 12.1 Å². The molecule has 0 saturated carbocycles. The first kappa shape index (κ1) is 18.9. The molecule has 0 aliphatic rings. The second-order valence-electron chi connectivity index (χ2n) is 6.20. The van der Waals surface area contributed by atoms with Crippen LogP contribution >= 0.6 is 0 Å². The maximum atomic E-state index is 13.3. The van der Waals surface area contributed by atoms with Gasteiger partial charge >= 0.3 is 5.97 Å². The molecule has 0 aliphatic heterocycles. The van der Waals surface area contributed by atoms with Crippen molar-refractivity contribution in [2.24, 2.45) is 0 Å². The number of aromatic amines is 1. The molecule has 0 unspecified atom stereocenters. The molecule has 2 aromatic rings. The van der Waals surface area contributed by atoms with Crippen molar-refractivity contribution in [3.8, 4) is 0 Å². The van der Waals surface area contributed by atoms with Crippen LogP contribution in [0.3, 0.4) is 0 Å². The molecule has 1 heterocycles. The van der Waals surface area contributed by atoms with E-state index < -0.39 is 12.0 Å². The molecule has 1 aromatic carbocycles. The molecule has 0 spiro atoms. The lowest BCUT2D eigenvalue weighted by atomic mass is 10.0. The summed E-state index contributed by atoms with van der Waals surface area (Å²) in [6.45, 7) is 5.68. The van der Waals surface area contributed by atoms with Crippen LogP contribution in [0.2, 0.25) is 0 Å². The molecule has 6 heteroatoms. The molecule has 1 atom stereocenters. The van der Waals surface area contributed by atoms with E-state index in [4.69, 9.17) is 4.74 Å². The molecule has 0 aliphatic carbocycles. The van der Waals surface area contributed by atoms with Crippen molar-refractivity contribution in [1.29, 1.82) is 0 Å². The largest absolute Gasteiger partial charge is 0.465 e. The number of H-pyrrole nitrogens is 1. The first-order chi connectivity index (χ1) is 11.8. The molecule has 5 nitrogen and oxygen atoms in total. The normalized spacial score (nSPS) is 12.3. The summed E-state index contributed by atoms with van der Waals surface area (Å²) in [4.78, 5) is 29.5. The number of aromatic nitrogens is 1. The Bertz CT molecular complexity index is 798. The van der Waals surface area contributed by atoms with E-state index in [1.54, 1.807) is 33.9 Å². The van der Waals surface area contributed by atoms with Gasteiger partial charge in [-0.05, 0) is 51.1 Å². The second-order valence-corrected chi connectivity index (χ2v) is 6.20. The van der Waals surface area contributed by atoms with Crippen LogP contribution in [-0.2, 0) is 11.3 Å². The number of nitrogens with zero attached hydrogens (tertiary/aromatic N) is 1. The van der Waals surface area contributed by atoms with Crippen molar-refractivity contribution in [2.45, 2.75) is 33.4 Å². The van der Waals surface area contributed by atoms with Gasteiger partial charge in [0.15, 0.2) is 5.78 Å². The van der Waals surface area contributed by atoms with Crippen molar-refractivity contribution in [3.05, 3.63) is 58.2 Å². The predicted molar refractivity (Wildman–Crippen MR) is 93.3 cm³/mol. The predicted octanol–water partition coefficient (Wildman–Crippen LogP) is 3.26. The van der Waals surface area contributed by atoms with E-state index in [0.29, 0.717) is 29.1 Å². The number of carbonyl (C=O) groups excluding carboxylic acids is 2. The number of ketones is 1. The van der Waals surface area contributed by atoms with Crippen molar-refractivity contribution >= 4 is 11.8 Å². The van der Waals surface area contributed by atoms with E-state index in [9.17, 15) is 14.0 Å². The van der Waals surface area contributed by atoms with E-state index in [-0.39, 0.29) is 11.6 Å². The Kier molecular flexibility index (Phi) is 5.74. The third-order valence-electron chi connectivity index (χ3n) is 4.44. The highest BCUT2D eigenvalue weighted by Gasteiger charge is 2.27. The van der Waals surface area contributed by atoms with Crippen LogP contribution in [0.1, 0.15) is 44.6 Å². The van der Waals surface area contributed by atoms with E-state index in [1.807, 2.05) is 11.0 Å². The number of likely N-dealkylation sites (N-methyl/N-ethyl adjacent to an activating group) is 1. The first-order valence-corrected chi connectivity index (χ1v) is 8.02. The van der Waals surface area contributed by atoms with Crippen LogP contribution in [0.25, 0.3) is 0 Å². The number of aryl methyl sites for hydroxylation is 1. The average molecular weight is 346 g/mol. The van der Waals surface area contributed by atoms with Crippen molar-refractivity contribution in [3.63, 3.8) is 0 Å². The lowest BCUT2D eigenvalue weighted by molar-refractivity contribution is 0.0599. The summed E-state index contributed by atoms with van der Waals surface area (Å²) < 4.78 is 18.1. The van der Waals surface area contributed by atoms with Gasteiger partial charge in [0.05, 0.1) is 24.4 Å². The minimum absolute atomic E-state index is 0.130. The van der Waals surface area contributed by atoms with Crippen LogP contribution < -0.4 is 0 Å². The zero-order chi connectivity index (χ0) is 18.7. The lowest BCUT2D eigenvalue weighted by Crippen LogP contribution is -2.36. The zero-order valence-corrected chi connectivity index (χ0v) is 15.1. The molecular weight excluding hydrogens is 323 g/mol. The highest BCUT2D eigenvalue weighted by molar-refractivity contribution is 6.03. The van der Waals surface area contributed by atoms with E-state index in [0.717, 1.165) is 5.56 Å². The Morgan fingerprint density at radius 2 is 2.00 bits per heavy atom. The Morgan fingerprint density at radius 1 is 1.32 bits per heavy atom. The zero-order valence-electron chi connectivity index (χ0n) is 15.1. The van der Waals surface area contributed by atoms with Gasteiger partial charge in [0, 0.05) is 12.2 Å². The highest BCUT2D eigenvalue weighted by Crippen LogP contribution is 2.21. The summed E-state index contributed by atoms with van der Waals surface area (Å²) in [7, 11) is 3.12. The summed E-state index contributed by atoms with van der Waals surface area (Å²) in [6.07, 6.45) is 0. The van der Waals surface area contributed by atoms with Gasteiger partial charge in [-0.15, -0.1) is 0 Å². The van der Waals surface area contributed by atoms with E-state index >= 15 is 0 Å². The standard InChI is InChI=1S/C19H23FN2O3/c1-11-16(19(24)25-5)12(2)21-17(11)18(23)13(3)22(4)10-14-7-6-8-15(20)9-14/h6-9,13,21H,10H2,1-5H3/t13-/m1/s1. The quantitative estimate of drug-likeness (QED) is 0.644. The first-order valence-electron chi connectivity index (χ1n) is 8.02. The third kappa shape index (κ3) is 3.96. The fourth-order valence-corrected chi connectivity index (χ4v) is 2.87. The lowest BCUT2D eigenvalue weighted by Gasteiger charge is -2.23. The molecule has 134 valence electrons. The summed E-state index contributed by atoms with van der Waals surface area (Å²) in [5.74, 6) is -0.899. The monoisotopic (exact) mass is 346 g/mol. The van der Waals surface area contributed by atoms with Gasteiger partial charge in [-0.2, -0.15) is 0 Å². The molecular formula is C19H23FN2O3. The van der Waals surface area contributed by atoms with Crippen LogP contribution in [0.15, 0.2) is 24.3 Å². The SMILES string of the molecule is COC(=O)c1c(C)[nH]c(C(=O)[C@@H](C)N(C)Cc2cccc(F)c2)c1C. The number of hydrogen-bond donors (Lipinski definition) is 1. The number of Topliss-reactive ketones (excluding diaryl/α,β-unsaturated/α-hetero) is 1. The molecule has 0 amide bonds. The van der Waals surface area contributed by atoms with Crippen LogP contribution in [0.4, 0.5) is 4.39 Å². The number of rotatable bonds is 6. The van der Waals surface area contributed by atoms with Gasteiger partial charge in [0.1, 0.15) is 5.82 Å². The summed E-state index contributed by atoms with van der Waals surface area (Å²) in [5.41, 5.74) is 2.77. The molecule has 0 bridgehead atoms. The Hall–Kier alpha value is -2.47. The summed E-state index contributed by atoms with van der Waals surface area (Å²) >= 11 is 0. The van der Waals surface area contributed by atoms with E-state index in [1.165, 1.54) is 19.2 Å². The van der Waals surface area contributed by atoms with Crippen LogP contribution in [-0.4, -0.2) is 41.8 Å². The minimum atomic E-state index is -0.467. The maximum Gasteiger partial charge on any atom is 0.339 e. The number of ether oxygens (including phenoxy) is 1. The van der Waals surface area contributed by atoms with Crippen molar-refractivity contribution in [2.75, 3.05) is 14.2 Å². The number of carbonyl (C=O) groups is 2. The van der Waals surface area contributed by atoms with Gasteiger partial charge in [0.25, 0.3) is 0 Å². The van der Waals surface area contributed by atoms with Gasteiger partial charge in [0.2, 0.25) is 0 Å². The number of halogens is 1. The Labute approximate surface area is 146 Å². The summed E-state index contributed by atoms with van der Waals surface area (Å²) in [6, 6.07) is 5.86. The third-order valence-corrected chi connectivity index (χ3v) is 4.44. The molecule has 1 aromatic heterocycles. The molecule has 0 saturated heterocycles. The molecule has 25 heavy (non-hydrogen) atoms. The van der Waals surface area contributed by atoms with Gasteiger partial charge in [-0.3, -0.25) is 9.69 Å². The highest BCUT2D eigenvalue weighted by atomic mass is 19.1. The topological polar surface area (TPSA) is 62.4 Å². The fraction of sp³-hybridized carbons (Fsp3) is 0.368. The number of methoxy groups -OCH3 is 1. The molecule has 2 rings (SSSR count). The smallest absolute Gasteiger partial charge is 0.339 e. The number of nitrogens with one attached hydrogen (secondary N) is 1. The van der Waals surface area contributed by atoms with Crippen molar-refractivity contribution < 1.29 is 18.7 Å². The van der Waals surface area contributed by atoms with Gasteiger partial charge < -0.3 is 9.72 Å². The molecule has 1 N–H and O–H groups in total. The minimum Gasteiger partial charge on any atom is -0.465 e. The Balaban J connectivity index is 2.21. The average Bonchev–Trinajstić information content (AvgIpc) is 2.87. The number of benzene rings is 1. The number of esters is 1. The summed E-state index contributed by atoms with van der Waals surface area (Å²) in [5, 5.41) is 0. The maximum absolute atomic E-state index is 13.3. The molecule has 0 radical (unpaired) electrons. The Morgan fingerprint density at radius 3 is 2.60 bits per heavy atom. The van der Waals surface area contributed by atoms with Gasteiger partial charge in [-0.25, -0.2) is 9.18 Å². The molecule has 0 fully saturated rings. The van der Waals surface area contributed by atoms with Crippen LogP contribution in [0, 0.1) is 19.7 Å². The number of hydrogen-bond acceptors (Lipinski definition) is 4. The van der Waals surface area contributed by atoms with Crippen LogP contribution in [0.5, 0.6) is 0 Å². The van der Waals surface area contributed by atoms with E-state index in [2.05, 4.69) is 4.98 Å². The second kappa shape index (κ2) is 7.61. The fourth-order valence-electron chi connectivity index (χ4n) is 2.87. The van der Waals surface area contributed by atoms with Crippen molar-refractivity contribution in [1.82, 2.24) is 9.88 Å².